The third-order valence-corrected chi connectivity index (χ3v) is 6.02. The fraction of sp³-hybridized carbons (Fsp3) is 0.160. The molecule has 0 spiro atoms. The summed E-state index contributed by atoms with van der Waals surface area (Å²) in [6, 6.07) is 11.7. The van der Waals surface area contributed by atoms with Gasteiger partial charge in [-0.1, -0.05) is 0 Å². The van der Waals surface area contributed by atoms with Crippen LogP contribution in [0.1, 0.15) is 15.9 Å². The fourth-order valence-corrected chi connectivity index (χ4v) is 4.16. The summed E-state index contributed by atoms with van der Waals surface area (Å²) in [5, 5.41) is 0.950. The summed E-state index contributed by atoms with van der Waals surface area (Å²) in [6.45, 7) is 0. The molecule has 0 radical (unpaired) electrons. The van der Waals surface area contributed by atoms with E-state index < -0.39 is 16.0 Å². The number of sulfonamides is 1. The first-order valence-electron chi connectivity index (χ1n) is 10.7. The van der Waals surface area contributed by atoms with Crippen molar-refractivity contribution in [2.24, 2.45) is 0 Å². The SMILES string of the molecule is COc1cc(OC)c(/C=C/S(=O)(=O)Nc2ccc(OC)c(OC(=O)c3cc(N)cc(N)c3)c2)c(OC)c1. The molecule has 3 aromatic carbocycles. The molecule has 0 aromatic heterocycles. The Bertz CT molecular complexity index is 1390. The topological polar surface area (TPSA) is 161 Å². The van der Waals surface area contributed by atoms with Crippen molar-refractivity contribution < 1.29 is 36.9 Å². The molecule has 0 saturated heterocycles. The number of carbonyl (C=O) groups is 1. The van der Waals surface area contributed by atoms with Crippen molar-refractivity contribution in [1.82, 2.24) is 0 Å². The maximum atomic E-state index is 12.8. The molecule has 5 N–H and O–H groups in total. The molecule has 196 valence electrons. The van der Waals surface area contributed by atoms with Gasteiger partial charge in [0, 0.05) is 29.6 Å². The molecule has 0 unspecified atom stereocenters. The smallest absolute Gasteiger partial charge is 0.343 e. The number of ether oxygens (including phenoxy) is 5. The quantitative estimate of drug-likeness (QED) is 0.201. The van der Waals surface area contributed by atoms with Gasteiger partial charge in [-0.25, -0.2) is 13.2 Å². The molecule has 3 aromatic rings. The highest BCUT2D eigenvalue weighted by molar-refractivity contribution is 7.95. The van der Waals surface area contributed by atoms with Crippen LogP contribution in [0.4, 0.5) is 17.1 Å². The molecule has 11 nitrogen and oxygen atoms in total. The number of anilines is 3. The Morgan fingerprint density at radius 1 is 0.784 bits per heavy atom. The second-order valence-corrected chi connectivity index (χ2v) is 9.11. The van der Waals surface area contributed by atoms with Gasteiger partial charge >= 0.3 is 5.97 Å². The number of nitrogens with one attached hydrogen (secondary N) is 1. The van der Waals surface area contributed by atoms with Crippen LogP contribution in [-0.4, -0.2) is 42.8 Å². The number of benzene rings is 3. The van der Waals surface area contributed by atoms with E-state index in [4.69, 9.17) is 35.2 Å². The Morgan fingerprint density at radius 2 is 1.38 bits per heavy atom. The molecule has 0 atom stereocenters. The van der Waals surface area contributed by atoms with Gasteiger partial charge in [-0.15, -0.1) is 0 Å². The van der Waals surface area contributed by atoms with Crippen molar-refractivity contribution in [2.45, 2.75) is 0 Å². The number of rotatable bonds is 10. The molecule has 37 heavy (non-hydrogen) atoms. The monoisotopic (exact) mass is 529 g/mol. The molecule has 3 rings (SSSR count). The molecule has 0 heterocycles. The summed E-state index contributed by atoms with van der Waals surface area (Å²) in [4.78, 5) is 12.6. The average molecular weight is 530 g/mol. The van der Waals surface area contributed by atoms with Gasteiger partial charge in [0.05, 0.1) is 50.7 Å². The summed E-state index contributed by atoms with van der Waals surface area (Å²) in [5.74, 6) is 0.614. The lowest BCUT2D eigenvalue weighted by molar-refractivity contribution is 0.0730. The van der Waals surface area contributed by atoms with Gasteiger partial charge < -0.3 is 35.2 Å². The molecule has 0 aliphatic heterocycles. The number of nitrogen functional groups attached to an aromatic ring is 2. The predicted octanol–water partition coefficient (Wildman–Crippen LogP) is 3.52. The van der Waals surface area contributed by atoms with Crippen LogP contribution in [0.25, 0.3) is 6.08 Å². The standard InChI is InChI=1S/C25H27N3O8S/c1-32-19-13-22(34-3)20(23(14-19)35-4)7-8-37(30,31)28-18-5-6-21(33-2)24(12-18)36-25(29)15-9-16(26)11-17(27)10-15/h5-14,28H,26-27H2,1-4H3/b8-7+. The molecule has 12 heteroatoms. The van der Waals surface area contributed by atoms with Crippen LogP contribution >= 0.6 is 0 Å². The van der Waals surface area contributed by atoms with Gasteiger partial charge in [0.2, 0.25) is 0 Å². The largest absolute Gasteiger partial charge is 0.496 e. The van der Waals surface area contributed by atoms with E-state index in [1.807, 2.05) is 0 Å². The normalized spacial score (nSPS) is 11.1. The van der Waals surface area contributed by atoms with Gasteiger partial charge in [0.1, 0.15) is 17.2 Å². The van der Waals surface area contributed by atoms with Crippen LogP contribution in [0.5, 0.6) is 28.7 Å². The van der Waals surface area contributed by atoms with Crippen LogP contribution in [0, 0.1) is 0 Å². The minimum Gasteiger partial charge on any atom is -0.496 e. The Hall–Kier alpha value is -4.58. The van der Waals surface area contributed by atoms with E-state index in [2.05, 4.69) is 4.72 Å². The Balaban J connectivity index is 1.87. The van der Waals surface area contributed by atoms with E-state index in [9.17, 15) is 13.2 Å². The molecule has 0 aliphatic rings. The zero-order chi connectivity index (χ0) is 27.2. The average Bonchev–Trinajstić information content (AvgIpc) is 2.86. The highest BCUT2D eigenvalue weighted by Gasteiger charge is 2.17. The Morgan fingerprint density at radius 3 is 1.92 bits per heavy atom. The summed E-state index contributed by atoms with van der Waals surface area (Å²) >= 11 is 0. The fourth-order valence-electron chi connectivity index (χ4n) is 3.33. The van der Waals surface area contributed by atoms with Crippen LogP contribution in [-0.2, 0) is 10.0 Å². The molecule has 0 saturated carbocycles. The number of esters is 1. The second kappa shape index (κ2) is 11.4. The number of nitrogens with two attached hydrogens (primary N) is 2. The lowest BCUT2D eigenvalue weighted by atomic mass is 10.1. The zero-order valence-corrected chi connectivity index (χ0v) is 21.4. The summed E-state index contributed by atoms with van der Waals surface area (Å²) < 4.78 is 54.6. The lowest BCUT2D eigenvalue weighted by Gasteiger charge is -2.13. The third kappa shape index (κ3) is 6.76. The predicted molar refractivity (Wildman–Crippen MR) is 141 cm³/mol. The highest BCUT2D eigenvalue weighted by atomic mass is 32.2. The van der Waals surface area contributed by atoms with E-state index in [1.54, 1.807) is 12.1 Å². The van der Waals surface area contributed by atoms with Crippen molar-refractivity contribution in [1.29, 1.82) is 0 Å². The van der Waals surface area contributed by atoms with Gasteiger partial charge in [-0.05, 0) is 36.4 Å². The summed E-state index contributed by atoms with van der Waals surface area (Å²) in [6.07, 6.45) is 1.33. The van der Waals surface area contributed by atoms with Crippen molar-refractivity contribution in [3.63, 3.8) is 0 Å². The van der Waals surface area contributed by atoms with E-state index >= 15 is 0 Å². The minimum absolute atomic E-state index is 0.0174. The maximum Gasteiger partial charge on any atom is 0.343 e. The molecule has 0 fully saturated rings. The van der Waals surface area contributed by atoms with Crippen LogP contribution in [0.15, 0.2) is 53.9 Å². The van der Waals surface area contributed by atoms with Crippen molar-refractivity contribution in [2.75, 3.05) is 44.6 Å². The molecule has 0 amide bonds. The second-order valence-electron chi connectivity index (χ2n) is 7.54. The maximum absolute atomic E-state index is 12.8. The summed E-state index contributed by atoms with van der Waals surface area (Å²) in [5.41, 5.74) is 12.7. The van der Waals surface area contributed by atoms with Gasteiger partial charge in [-0.3, -0.25) is 4.72 Å². The Labute approximate surface area is 214 Å². The van der Waals surface area contributed by atoms with E-state index in [0.29, 0.717) is 22.8 Å². The van der Waals surface area contributed by atoms with E-state index in [-0.39, 0.29) is 34.1 Å². The molecule has 0 aliphatic carbocycles. The van der Waals surface area contributed by atoms with Crippen LogP contribution in [0.3, 0.4) is 0 Å². The Kier molecular flexibility index (Phi) is 8.35. The third-order valence-electron chi connectivity index (χ3n) is 5.01. The van der Waals surface area contributed by atoms with Gasteiger partial charge in [0.25, 0.3) is 10.0 Å². The highest BCUT2D eigenvalue weighted by Crippen LogP contribution is 2.36. The summed E-state index contributed by atoms with van der Waals surface area (Å²) in [7, 11) is 1.74. The van der Waals surface area contributed by atoms with Crippen molar-refractivity contribution in [3.8, 4) is 28.7 Å². The first kappa shape index (κ1) is 27.0. The number of methoxy groups -OCH3 is 4. The van der Waals surface area contributed by atoms with Gasteiger partial charge in [-0.2, -0.15) is 0 Å². The zero-order valence-electron chi connectivity index (χ0n) is 20.6. The van der Waals surface area contributed by atoms with Crippen LogP contribution < -0.4 is 39.9 Å². The number of hydrogen-bond acceptors (Lipinski definition) is 10. The molecular formula is C25H27N3O8S. The van der Waals surface area contributed by atoms with E-state index in [1.165, 1.54) is 70.9 Å². The first-order valence-corrected chi connectivity index (χ1v) is 12.2. The molecular weight excluding hydrogens is 502 g/mol. The number of hydrogen-bond donors (Lipinski definition) is 3. The van der Waals surface area contributed by atoms with Gasteiger partial charge in [0.15, 0.2) is 11.5 Å². The minimum atomic E-state index is -4.01. The first-order chi connectivity index (χ1) is 17.6. The number of carbonyl (C=O) groups excluding carboxylic acids is 1. The van der Waals surface area contributed by atoms with Crippen molar-refractivity contribution >= 4 is 39.1 Å². The van der Waals surface area contributed by atoms with Crippen molar-refractivity contribution in [3.05, 3.63) is 65.1 Å². The lowest BCUT2D eigenvalue weighted by Crippen LogP contribution is -2.12. The van der Waals surface area contributed by atoms with Crippen LogP contribution in [0.2, 0.25) is 0 Å². The molecule has 0 bridgehead atoms. The van der Waals surface area contributed by atoms with E-state index in [0.717, 1.165) is 5.41 Å².